The second kappa shape index (κ2) is 15.5. The van der Waals surface area contributed by atoms with E-state index in [9.17, 15) is 4.79 Å². The van der Waals surface area contributed by atoms with Gasteiger partial charge in [0.1, 0.15) is 11.9 Å². The summed E-state index contributed by atoms with van der Waals surface area (Å²) in [6.07, 6.45) is 6.52. The molecule has 1 aliphatic rings. The average Bonchev–Trinajstić information content (AvgIpc) is 2.74. The third kappa shape index (κ3) is 10.6. The Morgan fingerprint density at radius 2 is 1.86 bits per heavy atom. The average molecular weight is 409 g/mol. The molecule has 0 radical (unpaired) electrons. The standard InChI is InChI=1S/C11H21N3O3.C10H15NO/c1-2-16-11(15)9(14-13)10(12)17-8-6-4-3-5-7-8;1-11-8-5-9-12-10-6-3-2-4-7-10/h8,14H,2-7,12-13H2,1H3;2-4,6-7,11H,5,8-9H2,1H3/b10-9+;. The normalized spacial score (nSPS) is 14.7. The third-order valence-electron chi connectivity index (χ3n) is 4.30. The summed E-state index contributed by atoms with van der Waals surface area (Å²) in [7, 11) is 1.95. The predicted molar refractivity (Wildman–Crippen MR) is 114 cm³/mol. The largest absolute Gasteiger partial charge is 0.494 e. The molecule has 1 aliphatic carbocycles. The van der Waals surface area contributed by atoms with Gasteiger partial charge in [0, 0.05) is 0 Å². The lowest BCUT2D eigenvalue weighted by molar-refractivity contribution is -0.139. The van der Waals surface area contributed by atoms with Crippen molar-refractivity contribution < 1.29 is 19.0 Å². The molecule has 1 aromatic rings. The maximum atomic E-state index is 11.5. The maximum Gasteiger partial charge on any atom is 0.361 e. The van der Waals surface area contributed by atoms with Crippen molar-refractivity contribution in [1.29, 1.82) is 0 Å². The Bertz CT molecular complexity index is 590. The molecule has 0 amide bonds. The van der Waals surface area contributed by atoms with Gasteiger partial charge in [-0.1, -0.05) is 24.6 Å². The summed E-state index contributed by atoms with van der Waals surface area (Å²) in [6.45, 7) is 3.77. The first-order valence-electron chi connectivity index (χ1n) is 10.2. The van der Waals surface area contributed by atoms with Crippen molar-refractivity contribution in [2.75, 3.05) is 26.8 Å². The van der Waals surface area contributed by atoms with Gasteiger partial charge >= 0.3 is 5.97 Å². The van der Waals surface area contributed by atoms with Crippen molar-refractivity contribution >= 4 is 5.97 Å². The van der Waals surface area contributed by atoms with Crippen molar-refractivity contribution in [3.05, 3.63) is 41.9 Å². The summed E-state index contributed by atoms with van der Waals surface area (Å²) in [5, 5.41) is 3.07. The lowest BCUT2D eigenvalue weighted by Crippen LogP contribution is -2.33. The number of rotatable bonds is 10. The van der Waals surface area contributed by atoms with E-state index < -0.39 is 5.97 Å². The number of ether oxygens (including phenoxy) is 3. The van der Waals surface area contributed by atoms with Crippen molar-refractivity contribution in [3.8, 4) is 5.75 Å². The van der Waals surface area contributed by atoms with Crippen LogP contribution in [0.1, 0.15) is 45.4 Å². The number of carbonyl (C=O) groups excluding carboxylic acids is 1. The molecule has 6 N–H and O–H groups in total. The van der Waals surface area contributed by atoms with E-state index in [2.05, 4.69) is 10.7 Å². The monoisotopic (exact) mass is 408 g/mol. The molecule has 0 heterocycles. The van der Waals surface area contributed by atoms with E-state index >= 15 is 0 Å². The second-order valence-corrected chi connectivity index (χ2v) is 6.60. The topological polar surface area (TPSA) is 121 Å². The second-order valence-electron chi connectivity index (χ2n) is 6.60. The molecule has 0 aliphatic heterocycles. The molecule has 0 unspecified atom stereocenters. The minimum atomic E-state index is -0.594. The number of hydrogen-bond acceptors (Lipinski definition) is 8. The lowest BCUT2D eigenvalue weighted by atomic mass is 9.98. The molecule has 164 valence electrons. The van der Waals surface area contributed by atoms with Gasteiger partial charge in [0.25, 0.3) is 0 Å². The summed E-state index contributed by atoms with van der Waals surface area (Å²) in [5.41, 5.74) is 7.92. The van der Waals surface area contributed by atoms with E-state index in [0.29, 0.717) is 0 Å². The molecular weight excluding hydrogens is 372 g/mol. The Morgan fingerprint density at radius 1 is 1.17 bits per heavy atom. The van der Waals surface area contributed by atoms with E-state index in [4.69, 9.17) is 25.8 Å². The van der Waals surface area contributed by atoms with Crippen LogP contribution < -0.4 is 27.1 Å². The van der Waals surface area contributed by atoms with Crippen molar-refractivity contribution in [1.82, 2.24) is 10.7 Å². The van der Waals surface area contributed by atoms with E-state index in [-0.39, 0.29) is 24.3 Å². The molecule has 0 spiro atoms. The first-order valence-corrected chi connectivity index (χ1v) is 10.2. The van der Waals surface area contributed by atoms with Gasteiger partial charge in [-0.05, 0) is 64.8 Å². The Hall–Kier alpha value is -2.45. The molecule has 1 saturated carbocycles. The lowest BCUT2D eigenvalue weighted by Gasteiger charge is -2.23. The first-order chi connectivity index (χ1) is 14.1. The van der Waals surface area contributed by atoms with E-state index in [1.807, 2.05) is 37.4 Å². The number of carbonyl (C=O) groups is 1. The van der Waals surface area contributed by atoms with Gasteiger partial charge in [-0.25, -0.2) is 4.79 Å². The van der Waals surface area contributed by atoms with Crippen LogP contribution in [0.15, 0.2) is 41.9 Å². The van der Waals surface area contributed by atoms with Crippen LogP contribution in [0.5, 0.6) is 5.75 Å². The SMILES string of the molecule is CCOC(=O)/C(NN)=C(/N)OC1CCCCC1.CNCCCOc1ccccc1. The molecule has 8 heteroatoms. The number of hydrazine groups is 1. The van der Waals surface area contributed by atoms with Crippen molar-refractivity contribution in [2.24, 2.45) is 11.6 Å². The van der Waals surface area contributed by atoms with Crippen molar-refractivity contribution in [3.63, 3.8) is 0 Å². The van der Waals surface area contributed by atoms with Gasteiger partial charge in [0.15, 0.2) is 5.70 Å². The minimum absolute atomic E-state index is 0.0119. The number of benzene rings is 1. The molecule has 2 rings (SSSR count). The highest BCUT2D eigenvalue weighted by Gasteiger charge is 2.20. The third-order valence-corrected chi connectivity index (χ3v) is 4.30. The van der Waals surface area contributed by atoms with Crippen LogP contribution in [0, 0.1) is 0 Å². The molecular formula is C21H36N4O4. The van der Waals surface area contributed by atoms with E-state index in [1.165, 1.54) is 6.42 Å². The Labute approximate surface area is 173 Å². The smallest absolute Gasteiger partial charge is 0.361 e. The zero-order valence-corrected chi connectivity index (χ0v) is 17.6. The molecule has 29 heavy (non-hydrogen) atoms. The van der Waals surface area contributed by atoms with Gasteiger partial charge in [-0.15, -0.1) is 0 Å². The summed E-state index contributed by atoms with van der Waals surface area (Å²) >= 11 is 0. The molecule has 0 aromatic heterocycles. The van der Waals surface area contributed by atoms with Gasteiger partial charge in [-0.2, -0.15) is 0 Å². The molecule has 0 bridgehead atoms. The van der Waals surface area contributed by atoms with Crippen molar-refractivity contribution in [2.45, 2.75) is 51.6 Å². The molecule has 1 aromatic carbocycles. The van der Waals surface area contributed by atoms with Gasteiger partial charge in [0.2, 0.25) is 5.88 Å². The number of esters is 1. The summed E-state index contributed by atoms with van der Waals surface area (Å²) in [6, 6.07) is 9.89. The number of nitrogens with two attached hydrogens (primary N) is 2. The van der Waals surface area contributed by atoms with Gasteiger partial charge in [-0.3, -0.25) is 5.84 Å². The zero-order chi connectivity index (χ0) is 21.3. The minimum Gasteiger partial charge on any atom is -0.494 e. The van der Waals surface area contributed by atoms with Crippen LogP contribution in [0.25, 0.3) is 0 Å². The summed E-state index contributed by atoms with van der Waals surface area (Å²) < 4.78 is 15.8. The van der Waals surface area contributed by atoms with Crippen LogP contribution in [0.3, 0.4) is 0 Å². The van der Waals surface area contributed by atoms with E-state index in [1.54, 1.807) is 6.92 Å². The fourth-order valence-corrected chi connectivity index (χ4v) is 2.81. The summed E-state index contributed by atoms with van der Waals surface area (Å²) in [5.74, 6) is 5.61. The highest BCUT2D eigenvalue weighted by atomic mass is 16.5. The molecule has 0 saturated heterocycles. The summed E-state index contributed by atoms with van der Waals surface area (Å²) in [4.78, 5) is 11.5. The van der Waals surface area contributed by atoms with Crippen LogP contribution >= 0.6 is 0 Å². The van der Waals surface area contributed by atoms with Crippen LogP contribution in [-0.4, -0.2) is 38.9 Å². The highest BCUT2D eigenvalue weighted by molar-refractivity contribution is 5.88. The Kier molecular flexibility index (Phi) is 13.1. The Balaban J connectivity index is 0.000000308. The molecule has 8 nitrogen and oxygen atoms in total. The zero-order valence-electron chi connectivity index (χ0n) is 17.6. The fourth-order valence-electron chi connectivity index (χ4n) is 2.81. The van der Waals surface area contributed by atoms with Crippen LogP contribution in [-0.2, 0) is 14.3 Å². The van der Waals surface area contributed by atoms with E-state index in [0.717, 1.165) is 51.0 Å². The maximum absolute atomic E-state index is 11.5. The number of hydrogen-bond donors (Lipinski definition) is 4. The molecule has 1 fully saturated rings. The number of para-hydroxylation sites is 1. The first kappa shape index (κ1) is 24.6. The number of nitrogens with one attached hydrogen (secondary N) is 2. The van der Waals surface area contributed by atoms with Gasteiger partial charge in [0.05, 0.1) is 13.2 Å². The van der Waals surface area contributed by atoms with Crippen LogP contribution in [0.4, 0.5) is 0 Å². The predicted octanol–water partition coefficient (Wildman–Crippen LogP) is 2.16. The molecule has 0 atom stereocenters. The quantitative estimate of drug-likeness (QED) is 0.116. The highest BCUT2D eigenvalue weighted by Crippen LogP contribution is 2.21. The van der Waals surface area contributed by atoms with Crippen LogP contribution in [0.2, 0.25) is 0 Å². The van der Waals surface area contributed by atoms with Gasteiger partial charge < -0.3 is 30.7 Å². The fraction of sp³-hybridized carbons (Fsp3) is 0.571. The Morgan fingerprint density at radius 3 is 2.45 bits per heavy atom.